The van der Waals surface area contributed by atoms with E-state index in [9.17, 15) is 9.18 Å². The van der Waals surface area contributed by atoms with Gasteiger partial charge < -0.3 is 15.8 Å². The van der Waals surface area contributed by atoms with Crippen LogP contribution in [0.3, 0.4) is 0 Å². The zero-order chi connectivity index (χ0) is 15.4. The van der Waals surface area contributed by atoms with Gasteiger partial charge in [-0.05, 0) is 43.7 Å². The van der Waals surface area contributed by atoms with Gasteiger partial charge in [0.1, 0.15) is 11.6 Å². The number of nitrogen functional groups attached to an aromatic ring is 1. The number of amides is 1. The Hall–Kier alpha value is -2.56. The quantitative estimate of drug-likeness (QED) is 0.850. The number of nitrogens with one attached hydrogen (secondary N) is 1. The monoisotopic (exact) mass is 288 g/mol. The van der Waals surface area contributed by atoms with Crippen molar-refractivity contribution in [3.05, 3.63) is 53.3 Å². The van der Waals surface area contributed by atoms with Crippen molar-refractivity contribution in [3.63, 3.8) is 0 Å². The van der Waals surface area contributed by atoms with Gasteiger partial charge in [-0.3, -0.25) is 4.79 Å². The Bertz CT molecular complexity index is 671. The third kappa shape index (κ3) is 3.95. The molecule has 3 N–H and O–H groups in total. The topological polar surface area (TPSA) is 64.3 Å². The van der Waals surface area contributed by atoms with Gasteiger partial charge in [-0.15, -0.1) is 0 Å². The van der Waals surface area contributed by atoms with Gasteiger partial charge >= 0.3 is 0 Å². The van der Waals surface area contributed by atoms with Crippen LogP contribution in [0.25, 0.3) is 0 Å². The van der Waals surface area contributed by atoms with Gasteiger partial charge in [0.2, 0.25) is 0 Å². The maximum Gasteiger partial charge on any atom is 0.262 e. The fraction of sp³-hybridized carbons (Fsp3) is 0.188. The lowest BCUT2D eigenvalue weighted by Gasteiger charge is -2.11. The van der Waals surface area contributed by atoms with Crippen LogP contribution in [-0.4, -0.2) is 12.5 Å². The van der Waals surface area contributed by atoms with Crippen LogP contribution in [0.4, 0.5) is 15.8 Å². The number of halogens is 1. The minimum absolute atomic E-state index is 0.167. The van der Waals surface area contributed by atoms with Gasteiger partial charge in [-0.2, -0.15) is 0 Å². The third-order valence-corrected chi connectivity index (χ3v) is 2.98. The highest BCUT2D eigenvalue weighted by Gasteiger charge is 2.08. The summed E-state index contributed by atoms with van der Waals surface area (Å²) < 4.78 is 18.6. The Morgan fingerprint density at radius 1 is 1.24 bits per heavy atom. The van der Waals surface area contributed by atoms with E-state index in [1.807, 2.05) is 32.0 Å². The summed E-state index contributed by atoms with van der Waals surface area (Å²) in [6.07, 6.45) is 0. The molecule has 2 aromatic rings. The molecule has 1 amide bonds. The van der Waals surface area contributed by atoms with E-state index in [0.717, 1.165) is 11.1 Å². The van der Waals surface area contributed by atoms with Crippen LogP contribution < -0.4 is 15.8 Å². The second-order valence-electron chi connectivity index (χ2n) is 4.84. The predicted octanol–water partition coefficient (Wildman–Crippen LogP) is 3.04. The summed E-state index contributed by atoms with van der Waals surface area (Å²) in [5.74, 6) is -0.218. The summed E-state index contributed by atoms with van der Waals surface area (Å²) in [6.45, 7) is 3.72. The van der Waals surface area contributed by atoms with Crippen LogP contribution >= 0.6 is 0 Å². The van der Waals surface area contributed by atoms with Gasteiger partial charge in [0.25, 0.3) is 5.91 Å². The molecule has 0 unspecified atom stereocenters. The average molecular weight is 288 g/mol. The molecule has 0 aromatic heterocycles. The van der Waals surface area contributed by atoms with Crippen LogP contribution in [0.5, 0.6) is 5.75 Å². The molecule has 21 heavy (non-hydrogen) atoms. The van der Waals surface area contributed by atoms with Crippen molar-refractivity contribution in [1.82, 2.24) is 0 Å². The Kier molecular flexibility index (Phi) is 4.42. The van der Waals surface area contributed by atoms with Gasteiger partial charge in [-0.1, -0.05) is 17.7 Å². The molecule has 0 saturated carbocycles. The van der Waals surface area contributed by atoms with Crippen molar-refractivity contribution in [2.24, 2.45) is 0 Å². The number of carbonyl (C=O) groups is 1. The van der Waals surface area contributed by atoms with Crippen LogP contribution in [0.15, 0.2) is 36.4 Å². The molecule has 2 rings (SSSR count). The van der Waals surface area contributed by atoms with E-state index in [1.54, 1.807) is 0 Å². The summed E-state index contributed by atoms with van der Waals surface area (Å²) >= 11 is 0. The number of carbonyl (C=O) groups excluding carboxylic acids is 1. The highest BCUT2D eigenvalue weighted by molar-refractivity contribution is 5.94. The molecule has 0 aliphatic heterocycles. The van der Waals surface area contributed by atoms with Crippen LogP contribution in [-0.2, 0) is 4.79 Å². The van der Waals surface area contributed by atoms with Crippen molar-refractivity contribution in [2.45, 2.75) is 13.8 Å². The van der Waals surface area contributed by atoms with Crippen molar-refractivity contribution in [2.75, 3.05) is 17.7 Å². The second kappa shape index (κ2) is 6.26. The standard InChI is InChI=1S/C16H17FN2O2/c1-10-3-6-15(11(2)7-10)21-9-16(20)19-14-8-12(17)4-5-13(14)18/h3-8H,9,18H2,1-2H3,(H,19,20). The maximum atomic E-state index is 13.1. The molecule has 0 atom stereocenters. The highest BCUT2D eigenvalue weighted by Crippen LogP contribution is 2.20. The lowest BCUT2D eigenvalue weighted by Crippen LogP contribution is -2.21. The van der Waals surface area contributed by atoms with Crippen LogP contribution in [0.2, 0.25) is 0 Å². The Morgan fingerprint density at radius 3 is 2.71 bits per heavy atom. The Labute approximate surface area is 122 Å². The molecule has 0 radical (unpaired) electrons. The van der Waals surface area contributed by atoms with E-state index in [0.29, 0.717) is 11.4 Å². The summed E-state index contributed by atoms with van der Waals surface area (Å²) in [7, 11) is 0. The second-order valence-corrected chi connectivity index (χ2v) is 4.84. The fourth-order valence-corrected chi connectivity index (χ4v) is 1.93. The number of ether oxygens (including phenoxy) is 1. The Morgan fingerprint density at radius 2 is 2.00 bits per heavy atom. The lowest BCUT2D eigenvalue weighted by molar-refractivity contribution is -0.118. The van der Waals surface area contributed by atoms with Crippen molar-refractivity contribution in [1.29, 1.82) is 0 Å². The smallest absolute Gasteiger partial charge is 0.262 e. The van der Waals surface area contributed by atoms with E-state index < -0.39 is 11.7 Å². The number of nitrogens with two attached hydrogens (primary N) is 1. The van der Waals surface area contributed by atoms with Crippen molar-refractivity contribution in [3.8, 4) is 5.75 Å². The van der Waals surface area contributed by atoms with Gasteiger partial charge in [0.15, 0.2) is 6.61 Å². The molecule has 110 valence electrons. The molecule has 4 nitrogen and oxygen atoms in total. The number of hydrogen-bond acceptors (Lipinski definition) is 3. The van der Waals surface area contributed by atoms with Crippen LogP contribution in [0.1, 0.15) is 11.1 Å². The molecule has 0 heterocycles. The highest BCUT2D eigenvalue weighted by atomic mass is 19.1. The fourth-order valence-electron chi connectivity index (χ4n) is 1.93. The molecule has 0 fully saturated rings. The largest absolute Gasteiger partial charge is 0.483 e. The molecule has 0 spiro atoms. The number of aryl methyl sites for hydroxylation is 2. The summed E-state index contributed by atoms with van der Waals surface area (Å²) in [5, 5.41) is 2.52. The van der Waals surface area contributed by atoms with Gasteiger partial charge in [0.05, 0.1) is 11.4 Å². The van der Waals surface area contributed by atoms with Crippen molar-refractivity contribution >= 4 is 17.3 Å². The lowest BCUT2D eigenvalue weighted by atomic mass is 10.1. The van der Waals surface area contributed by atoms with Crippen molar-refractivity contribution < 1.29 is 13.9 Å². The molecular formula is C16H17FN2O2. The maximum absolute atomic E-state index is 13.1. The normalized spacial score (nSPS) is 10.2. The van der Waals surface area contributed by atoms with Crippen LogP contribution in [0, 0.1) is 19.7 Å². The minimum atomic E-state index is -0.463. The molecule has 0 aliphatic carbocycles. The molecule has 0 bridgehead atoms. The average Bonchev–Trinajstić information content (AvgIpc) is 2.42. The molecule has 0 aliphatic rings. The first-order valence-electron chi connectivity index (χ1n) is 6.50. The minimum Gasteiger partial charge on any atom is -0.483 e. The molecule has 5 heteroatoms. The predicted molar refractivity (Wildman–Crippen MR) is 80.9 cm³/mol. The SMILES string of the molecule is Cc1ccc(OCC(=O)Nc2cc(F)ccc2N)c(C)c1. The van der Waals surface area contributed by atoms with E-state index in [4.69, 9.17) is 10.5 Å². The van der Waals surface area contributed by atoms with E-state index in [2.05, 4.69) is 5.32 Å². The van der Waals surface area contributed by atoms with Gasteiger partial charge in [-0.25, -0.2) is 4.39 Å². The Balaban J connectivity index is 1.97. The van der Waals surface area contributed by atoms with E-state index in [1.165, 1.54) is 18.2 Å². The number of hydrogen-bond donors (Lipinski definition) is 2. The molecule has 0 saturated heterocycles. The number of anilines is 2. The van der Waals surface area contributed by atoms with Gasteiger partial charge in [0, 0.05) is 0 Å². The zero-order valence-electron chi connectivity index (χ0n) is 11.9. The molecule has 2 aromatic carbocycles. The number of benzene rings is 2. The summed E-state index contributed by atoms with van der Waals surface area (Å²) in [5.41, 5.74) is 8.28. The zero-order valence-corrected chi connectivity index (χ0v) is 11.9. The van der Waals surface area contributed by atoms with E-state index >= 15 is 0 Å². The first kappa shape index (κ1) is 14.8. The summed E-state index contributed by atoms with van der Waals surface area (Å²) in [6, 6.07) is 9.49. The molecular weight excluding hydrogens is 271 g/mol. The summed E-state index contributed by atoms with van der Waals surface area (Å²) in [4.78, 5) is 11.8. The van der Waals surface area contributed by atoms with E-state index in [-0.39, 0.29) is 12.3 Å². The first-order valence-corrected chi connectivity index (χ1v) is 6.50. The number of rotatable bonds is 4. The third-order valence-electron chi connectivity index (χ3n) is 2.98. The first-order chi connectivity index (χ1) is 9.95.